The number of carbonyl (C=O) groups is 1. The van der Waals surface area contributed by atoms with Gasteiger partial charge < -0.3 is 15.4 Å². The van der Waals surface area contributed by atoms with E-state index in [1.54, 1.807) is 6.20 Å². The third-order valence-electron chi connectivity index (χ3n) is 7.17. The Morgan fingerprint density at radius 2 is 2.03 bits per heavy atom. The van der Waals surface area contributed by atoms with Crippen LogP contribution in [0.4, 0.5) is 0 Å². The van der Waals surface area contributed by atoms with Gasteiger partial charge in [0.2, 0.25) is 0 Å². The number of hydrogen-bond acceptors (Lipinski definition) is 5. The predicted octanol–water partition coefficient (Wildman–Crippen LogP) is 4.40. The van der Waals surface area contributed by atoms with E-state index < -0.39 is 5.54 Å². The summed E-state index contributed by atoms with van der Waals surface area (Å²) in [7, 11) is 0. The fraction of sp³-hybridized carbons (Fsp3) is 0.321. The van der Waals surface area contributed by atoms with E-state index in [1.807, 2.05) is 44.2 Å². The molecule has 1 atom stereocenters. The highest BCUT2D eigenvalue weighted by atomic mass is 16.5. The molecule has 1 saturated carbocycles. The van der Waals surface area contributed by atoms with Gasteiger partial charge in [-0.2, -0.15) is 5.10 Å². The number of hydrogen-bond donors (Lipinski definition) is 3. The molecule has 1 amide bonds. The van der Waals surface area contributed by atoms with Crippen LogP contribution in [0.1, 0.15) is 46.4 Å². The van der Waals surface area contributed by atoms with Crippen molar-refractivity contribution in [2.75, 3.05) is 13.2 Å². The van der Waals surface area contributed by atoms with Crippen LogP contribution in [0, 0.1) is 13.8 Å². The lowest BCUT2D eigenvalue weighted by molar-refractivity contribution is 0.0930. The number of aryl methyl sites for hydroxylation is 2. The van der Waals surface area contributed by atoms with Crippen molar-refractivity contribution in [3.63, 3.8) is 0 Å². The van der Waals surface area contributed by atoms with Crippen LogP contribution in [0.3, 0.4) is 0 Å². The second-order valence-electron chi connectivity index (χ2n) is 9.79. The fourth-order valence-corrected chi connectivity index (χ4v) is 4.79. The van der Waals surface area contributed by atoms with Gasteiger partial charge in [0.05, 0.1) is 16.7 Å². The second-order valence-corrected chi connectivity index (χ2v) is 9.79. The molecule has 1 unspecified atom stereocenters. The molecular weight excluding hydrogens is 438 g/mol. The number of ether oxygens (including phenoxy) is 1. The lowest BCUT2D eigenvalue weighted by Gasteiger charge is -2.27. The van der Waals surface area contributed by atoms with Crippen LogP contribution in [-0.2, 0) is 5.54 Å². The minimum Gasteiger partial charge on any atom is -0.492 e. The maximum atomic E-state index is 13.5. The standard InChI is InChI=1S/C28H29N5O2/c1-17-5-6-21(35-16-20-7-11-29-20)15-23(17)27(34)31-28(8-9-28)24-13-19(25-12-18(2)32-33-25)14-26-22(24)4-3-10-30-26/h3-6,10,12-15,20,29H,7-9,11,16H2,1-2H3,(H,31,34)(H,32,33). The molecule has 4 aromatic rings. The highest BCUT2D eigenvalue weighted by Crippen LogP contribution is 2.49. The average molecular weight is 468 g/mol. The minimum absolute atomic E-state index is 0.0784. The number of pyridine rings is 1. The Kier molecular flexibility index (Phi) is 5.29. The van der Waals surface area contributed by atoms with E-state index in [-0.39, 0.29) is 5.91 Å². The number of amides is 1. The Hall–Kier alpha value is -3.71. The van der Waals surface area contributed by atoms with Gasteiger partial charge in [0.1, 0.15) is 12.4 Å². The minimum atomic E-state index is -0.418. The van der Waals surface area contributed by atoms with E-state index in [1.165, 1.54) is 0 Å². The number of nitrogens with one attached hydrogen (secondary N) is 3. The molecule has 178 valence electrons. The van der Waals surface area contributed by atoms with Crippen LogP contribution in [0.5, 0.6) is 5.75 Å². The molecule has 0 bridgehead atoms. The first-order valence-electron chi connectivity index (χ1n) is 12.2. The maximum Gasteiger partial charge on any atom is 0.252 e. The summed E-state index contributed by atoms with van der Waals surface area (Å²) >= 11 is 0. The lowest BCUT2D eigenvalue weighted by atomic mass is 9.94. The Bertz CT molecular complexity index is 1420. The van der Waals surface area contributed by atoms with Crippen molar-refractivity contribution >= 4 is 16.8 Å². The molecule has 2 fully saturated rings. The van der Waals surface area contributed by atoms with E-state index in [9.17, 15) is 4.79 Å². The highest BCUT2D eigenvalue weighted by Gasteiger charge is 2.47. The van der Waals surface area contributed by atoms with E-state index in [0.717, 1.165) is 70.5 Å². The molecule has 1 aliphatic carbocycles. The van der Waals surface area contributed by atoms with Gasteiger partial charge in [0.15, 0.2) is 0 Å². The molecular formula is C28H29N5O2. The molecule has 6 rings (SSSR count). The fourth-order valence-electron chi connectivity index (χ4n) is 4.79. The van der Waals surface area contributed by atoms with Crippen LogP contribution in [0.15, 0.2) is 54.7 Å². The summed E-state index contributed by atoms with van der Waals surface area (Å²) in [4.78, 5) is 18.1. The number of carbonyl (C=O) groups excluding carboxylic acids is 1. The van der Waals surface area contributed by atoms with Crippen LogP contribution >= 0.6 is 0 Å². The zero-order chi connectivity index (χ0) is 24.0. The SMILES string of the molecule is Cc1cc(-c2cc(C3(NC(=O)c4cc(OCC5CCN5)ccc4C)CC3)c3cccnc3c2)n[nH]1. The maximum absolute atomic E-state index is 13.5. The number of aromatic amines is 1. The zero-order valence-electron chi connectivity index (χ0n) is 20.0. The average Bonchev–Trinajstić information content (AvgIpc) is 3.48. The molecule has 0 radical (unpaired) electrons. The van der Waals surface area contributed by atoms with Crippen LogP contribution < -0.4 is 15.4 Å². The first-order chi connectivity index (χ1) is 17.0. The smallest absolute Gasteiger partial charge is 0.252 e. The number of fused-ring (bicyclic) bond motifs is 1. The monoisotopic (exact) mass is 467 g/mol. The summed E-state index contributed by atoms with van der Waals surface area (Å²) in [6, 6.07) is 16.4. The molecule has 7 heteroatoms. The van der Waals surface area contributed by atoms with E-state index in [2.05, 4.69) is 44.0 Å². The molecule has 0 spiro atoms. The quantitative estimate of drug-likeness (QED) is 0.375. The third kappa shape index (κ3) is 4.17. The van der Waals surface area contributed by atoms with Crippen molar-refractivity contribution in [2.24, 2.45) is 0 Å². The van der Waals surface area contributed by atoms with Crippen LogP contribution in [0.25, 0.3) is 22.2 Å². The molecule has 7 nitrogen and oxygen atoms in total. The number of rotatable bonds is 7. The largest absolute Gasteiger partial charge is 0.492 e. The molecule has 1 aliphatic heterocycles. The lowest BCUT2D eigenvalue weighted by Crippen LogP contribution is -2.46. The molecule has 1 saturated heterocycles. The zero-order valence-corrected chi connectivity index (χ0v) is 20.0. The van der Waals surface area contributed by atoms with Crippen molar-refractivity contribution in [1.29, 1.82) is 0 Å². The summed E-state index contributed by atoms with van der Waals surface area (Å²) in [6.45, 7) is 5.61. The van der Waals surface area contributed by atoms with Crippen molar-refractivity contribution in [3.05, 3.63) is 77.1 Å². The number of H-pyrrole nitrogens is 1. The Morgan fingerprint density at radius 3 is 2.74 bits per heavy atom. The Labute approximate surface area is 204 Å². The summed E-state index contributed by atoms with van der Waals surface area (Å²) < 4.78 is 5.95. The van der Waals surface area contributed by atoms with Crippen molar-refractivity contribution in [2.45, 2.75) is 44.7 Å². The van der Waals surface area contributed by atoms with E-state index in [0.29, 0.717) is 18.2 Å². The van der Waals surface area contributed by atoms with Crippen LogP contribution in [-0.4, -0.2) is 40.3 Å². The van der Waals surface area contributed by atoms with Crippen molar-refractivity contribution in [3.8, 4) is 17.0 Å². The van der Waals surface area contributed by atoms with Gasteiger partial charge >= 0.3 is 0 Å². The number of benzene rings is 2. The van der Waals surface area contributed by atoms with Crippen LogP contribution in [0.2, 0.25) is 0 Å². The topological polar surface area (TPSA) is 91.9 Å². The molecule has 2 aliphatic rings. The van der Waals surface area contributed by atoms with Gasteiger partial charge in [-0.1, -0.05) is 12.1 Å². The molecule has 3 N–H and O–H groups in total. The van der Waals surface area contributed by atoms with E-state index in [4.69, 9.17) is 4.74 Å². The number of aromatic nitrogens is 3. The second kappa shape index (κ2) is 8.50. The summed E-state index contributed by atoms with van der Waals surface area (Å²) in [6.07, 6.45) is 4.70. The molecule has 2 aromatic carbocycles. The summed E-state index contributed by atoms with van der Waals surface area (Å²) in [5, 5.41) is 15.2. The van der Waals surface area contributed by atoms with Gasteiger partial charge in [-0.15, -0.1) is 0 Å². The summed E-state index contributed by atoms with van der Waals surface area (Å²) in [5.41, 5.74) is 6.02. The van der Waals surface area contributed by atoms with Gasteiger partial charge in [-0.25, -0.2) is 0 Å². The predicted molar refractivity (Wildman–Crippen MR) is 136 cm³/mol. The number of nitrogens with zero attached hydrogens (tertiary/aromatic N) is 2. The van der Waals surface area contributed by atoms with Gasteiger partial charge in [0.25, 0.3) is 5.91 Å². The van der Waals surface area contributed by atoms with E-state index >= 15 is 0 Å². The molecule has 35 heavy (non-hydrogen) atoms. The first kappa shape index (κ1) is 21.8. The van der Waals surface area contributed by atoms with Crippen molar-refractivity contribution < 1.29 is 9.53 Å². The van der Waals surface area contributed by atoms with Gasteiger partial charge in [0, 0.05) is 34.4 Å². The first-order valence-corrected chi connectivity index (χ1v) is 12.2. The third-order valence-corrected chi connectivity index (χ3v) is 7.17. The molecule has 3 heterocycles. The van der Waals surface area contributed by atoms with Gasteiger partial charge in [-0.05, 0) is 87.2 Å². The highest BCUT2D eigenvalue weighted by molar-refractivity contribution is 5.98. The normalized spacial score (nSPS) is 18.2. The summed E-state index contributed by atoms with van der Waals surface area (Å²) in [5.74, 6) is 0.648. The Morgan fingerprint density at radius 1 is 1.17 bits per heavy atom. The Balaban J connectivity index is 1.31. The molecule has 2 aromatic heterocycles. The van der Waals surface area contributed by atoms with Crippen molar-refractivity contribution in [1.82, 2.24) is 25.8 Å². The van der Waals surface area contributed by atoms with Gasteiger partial charge in [-0.3, -0.25) is 14.9 Å².